The first kappa shape index (κ1) is 30.7. The number of likely N-dealkylation sites (tertiary alicyclic amines) is 1. The summed E-state index contributed by atoms with van der Waals surface area (Å²) in [6.07, 6.45) is 0.266. The highest BCUT2D eigenvalue weighted by Gasteiger charge is 2.66. The standard InChI is InChI=1S/C29H32ClF2N5O6S/c1-16-6-7-18(9-19(16)30)33-24(39)22-17(2)21(20-5-4-8-37(20)22)23(38)25(40)34-28(10-29(31,32)11-28)26(41)35-12-27(13-35)14-36(15-27)44(3,42)43/h6-7,9H,4-5,8,10-15H2,1-3H3,(H,33,39)(H,34,40). The fourth-order valence-electron chi connectivity index (χ4n) is 7.03. The van der Waals surface area contributed by atoms with Gasteiger partial charge in [-0.15, -0.1) is 0 Å². The van der Waals surface area contributed by atoms with Gasteiger partial charge in [-0.1, -0.05) is 17.7 Å². The molecule has 236 valence electrons. The normalized spacial score (nSPS) is 21.1. The third kappa shape index (κ3) is 5.00. The van der Waals surface area contributed by atoms with Gasteiger partial charge in [-0.3, -0.25) is 19.2 Å². The maximum atomic E-state index is 14.2. The van der Waals surface area contributed by atoms with Crippen molar-refractivity contribution in [3.05, 3.63) is 51.3 Å². The first-order valence-corrected chi connectivity index (χ1v) is 16.5. The molecule has 11 nitrogen and oxygen atoms in total. The molecular formula is C29H32ClF2N5O6S. The summed E-state index contributed by atoms with van der Waals surface area (Å²) in [6, 6.07) is 5.05. The van der Waals surface area contributed by atoms with Gasteiger partial charge >= 0.3 is 0 Å². The summed E-state index contributed by atoms with van der Waals surface area (Å²) < 4.78 is 54.8. The molecule has 1 aromatic carbocycles. The van der Waals surface area contributed by atoms with Gasteiger partial charge < -0.3 is 20.1 Å². The number of hydrogen-bond acceptors (Lipinski definition) is 6. The van der Waals surface area contributed by atoms with Crippen LogP contribution in [0.15, 0.2) is 18.2 Å². The number of benzene rings is 1. The van der Waals surface area contributed by atoms with Crippen LogP contribution in [-0.2, 0) is 32.6 Å². The number of sulfonamides is 1. The Hall–Kier alpha value is -3.36. The van der Waals surface area contributed by atoms with E-state index in [0.29, 0.717) is 35.8 Å². The van der Waals surface area contributed by atoms with E-state index < -0.39 is 63.2 Å². The minimum atomic E-state index is -3.37. The Labute approximate surface area is 257 Å². The molecule has 1 spiro atoms. The predicted molar refractivity (Wildman–Crippen MR) is 156 cm³/mol. The topological polar surface area (TPSA) is 138 Å². The molecule has 15 heteroatoms. The van der Waals surface area contributed by atoms with E-state index >= 15 is 0 Å². The average Bonchev–Trinajstić information content (AvgIpc) is 3.41. The van der Waals surface area contributed by atoms with E-state index in [0.717, 1.165) is 11.8 Å². The van der Waals surface area contributed by atoms with Gasteiger partial charge in [0.1, 0.15) is 11.2 Å². The molecule has 0 bridgehead atoms. The third-order valence-electron chi connectivity index (χ3n) is 9.20. The molecule has 0 atom stereocenters. The number of aromatic nitrogens is 1. The summed E-state index contributed by atoms with van der Waals surface area (Å²) in [5, 5.41) is 5.60. The van der Waals surface area contributed by atoms with Crippen molar-refractivity contribution in [2.75, 3.05) is 37.8 Å². The second kappa shape index (κ2) is 10.1. The number of carbonyl (C=O) groups excluding carboxylic acids is 4. The molecule has 2 N–H and O–H groups in total. The lowest BCUT2D eigenvalue weighted by Crippen LogP contribution is -2.78. The summed E-state index contributed by atoms with van der Waals surface area (Å²) in [5.74, 6) is -6.61. The molecule has 0 radical (unpaired) electrons. The van der Waals surface area contributed by atoms with Crippen molar-refractivity contribution in [1.29, 1.82) is 0 Å². The molecule has 4 heterocycles. The molecule has 1 aliphatic carbocycles. The van der Waals surface area contributed by atoms with E-state index in [4.69, 9.17) is 11.6 Å². The lowest BCUT2D eigenvalue weighted by Gasteiger charge is -2.61. The molecule has 3 aliphatic heterocycles. The van der Waals surface area contributed by atoms with Gasteiger partial charge in [0, 0.05) is 67.4 Å². The Kier molecular flexibility index (Phi) is 7.02. The van der Waals surface area contributed by atoms with Crippen LogP contribution in [0.2, 0.25) is 5.02 Å². The van der Waals surface area contributed by atoms with Crippen LogP contribution in [-0.4, -0.2) is 89.6 Å². The number of nitrogens with zero attached hydrogens (tertiary/aromatic N) is 3. The number of halogens is 3. The quantitative estimate of drug-likeness (QED) is 0.349. The van der Waals surface area contributed by atoms with Gasteiger partial charge in [-0.2, -0.15) is 0 Å². The van der Waals surface area contributed by atoms with Crippen LogP contribution >= 0.6 is 11.6 Å². The van der Waals surface area contributed by atoms with Crippen LogP contribution < -0.4 is 10.6 Å². The van der Waals surface area contributed by atoms with Gasteiger partial charge in [-0.25, -0.2) is 21.5 Å². The highest BCUT2D eigenvalue weighted by Crippen LogP contribution is 2.49. The van der Waals surface area contributed by atoms with E-state index in [-0.39, 0.29) is 43.0 Å². The predicted octanol–water partition coefficient (Wildman–Crippen LogP) is 2.53. The number of nitrogens with one attached hydrogen (secondary N) is 2. The summed E-state index contributed by atoms with van der Waals surface area (Å²) >= 11 is 6.19. The molecule has 3 fully saturated rings. The number of alkyl halides is 2. The maximum Gasteiger partial charge on any atom is 0.293 e. The summed E-state index contributed by atoms with van der Waals surface area (Å²) in [7, 11) is -3.37. The fraction of sp³-hybridized carbons (Fsp3) is 0.517. The zero-order valence-corrected chi connectivity index (χ0v) is 26.0. The van der Waals surface area contributed by atoms with E-state index in [1.54, 1.807) is 29.7 Å². The Morgan fingerprint density at radius 1 is 1.02 bits per heavy atom. The largest absolute Gasteiger partial charge is 0.340 e. The minimum absolute atomic E-state index is 0.0269. The molecular weight excluding hydrogens is 620 g/mol. The fourth-order valence-corrected chi connectivity index (χ4v) is 8.23. The van der Waals surface area contributed by atoms with Crippen molar-refractivity contribution < 1.29 is 36.4 Å². The van der Waals surface area contributed by atoms with Crippen LogP contribution in [0, 0.1) is 19.3 Å². The molecule has 2 aromatic rings. The molecule has 6 rings (SSSR count). The monoisotopic (exact) mass is 651 g/mol. The number of ketones is 1. The number of anilines is 1. The first-order valence-electron chi connectivity index (χ1n) is 14.2. The number of fused-ring (bicyclic) bond motifs is 1. The van der Waals surface area contributed by atoms with E-state index in [9.17, 15) is 36.4 Å². The van der Waals surface area contributed by atoms with Crippen LogP contribution in [0.1, 0.15) is 56.9 Å². The van der Waals surface area contributed by atoms with Crippen LogP contribution in [0.4, 0.5) is 14.5 Å². The highest BCUT2D eigenvalue weighted by atomic mass is 35.5. The Morgan fingerprint density at radius 2 is 1.68 bits per heavy atom. The van der Waals surface area contributed by atoms with Gasteiger partial charge in [-0.05, 0) is 49.9 Å². The maximum absolute atomic E-state index is 14.2. The molecule has 4 aliphatic rings. The number of rotatable bonds is 7. The van der Waals surface area contributed by atoms with Gasteiger partial charge in [0.25, 0.3) is 23.5 Å². The Bertz CT molecular complexity index is 1730. The van der Waals surface area contributed by atoms with Gasteiger partial charge in [0.15, 0.2) is 0 Å². The van der Waals surface area contributed by atoms with E-state index in [1.807, 2.05) is 6.92 Å². The number of Topliss-reactive ketones (excluding diaryl/α,β-unsaturated/α-hetero) is 1. The van der Waals surface area contributed by atoms with Crippen LogP contribution in [0.25, 0.3) is 0 Å². The van der Waals surface area contributed by atoms with Crippen molar-refractivity contribution in [2.24, 2.45) is 5.41 Å². The van der Waals surface area contributed by atoms with Crippen molar-refractivity contribution in [3.63, 3.8) is 0 Å². The smallest absolute Gasteiger partial charge is 0.293 e. The van der Waals surface area contributed by atoms with Crippen LogP contribution in [0.5, 0.6) is 0 Å². The second-order valence-corrected chi connectivity index (χ2v) is 15.1. The van der Waals surface area contributed by atoms with Crippen molar-refractivity contribution in [3.8, 4) is 0 Å². The molecule has 44 heavy (non-hydrogen) atoms. The molecule has 1 saturated carbocycles. The number of aryl methyl sites for hydroxylation is 1. The van der Waals surface area contributed by atoms with Crippen molar-refractivity contribution in [1.82, 2.24) is 19.1 Å². The minimum Gasteiger partial charge on any atom is -0.340 e. The highest BCUT2D eigenvalue weighted by molar-refractivity contribution is 7.88. The third-order valence-corrected chi connectivity index (χ3v) is 10.8. The molecule has 3 amide bonds. The Morgan fingerprint density at radius 3 is 2.27 bits per heavy atom. The number of carbonyl (C=O) groups is 4. The zero-order chi connectivity index (χ0) is 32.0. The SMILES string of the molecule is Cc1ccc(NC(=O)c2c(C)c(C(=O)C(=O)NC3(C(=O)N4CC5(C4)CN(S(C)(=O)=O)C5)CC(F)(F)C3)c3n2CCC3)cc1Cl. The lowest BCUT2D eigenvalue weighted by molar-refractivity contribution is -0.187. The van der Waals surface area contributed by atoms with Crippen molar-refractivity contribution >= 4 is 50.8 Å². The molecule has 1 aromatic heterocycles. The van der Waals surface area contributed by atoms with E-state index in [1.165, 1.54) is 9.21 Å². The Balaban J connectivity index is 1.20. The summed E-state index contributed by atoms with van der Waals surface area (Å²) in [5.41, 5.74) is -0.0936. The number of amides is 3. The summed E-state index contributed by atoms with van der Waals surface area (Å²) in [6.45, 7) is 4.64. The van der Waals surface area contributed by atoms with Crippen molar-refractivity contribution in [2.45, 2.75) is 57.5 Å². The summed E-state index contributed by atoms with van der Waals surface area (Å²) in [4.78, 5) is 55.1. The zero-order valence-electron chi connectivity index (χ0n) is 24.4. The number of hydrogen-bond donors (Lipinski definition) is 2. The van der Waals surface area contributed by atoms with Gasteiger partial charge in [0.2, 0.25) is 15.9 Å². The lowest BCUT2D eigenvalue weighted by atomic mass is 9.68. The van der Waals surface area contributed by atoms with E-state index in [2.05, 4.69) is 10.6 Å². The van der Waals surface area contributed by atoms with Crippen LogP contribution in [0.3, 0.4) is 0 Å². The molecule has 0 unspecified atom stereocenters. The molecule has 2 saturated heterocycles. The average molecular weight is 652 g/mol. The van der Waals surface area contributed by atoms with Gasteiger partial charge in [0.05, 0.1) is 11.8 Å². The second-order valence-electron chi connectivity index (χ2n) is 12.7. The first-order chi connectivity index (χ1) is 20.4.